The van der Waals surface area contributed by atoms with Crippen LogP contribution in [0.3, 0.4) is 0 Å². The molecule has 1 aromatic carbocycles. The topological polar surface area (TPSA) is 71.8 Å². The molecule has 1 amide bonds. The molecule has 1 atom stereocenters. The number of hydrogen-bond donors (Lipinski definition) is 1. The van der Waals surface area contributed by atoms with Crippen LogP contribution in [0.2, 0.25) is 0 Å². The molecule has 1 saturated heterocycles. The monoisotopic (exact) mass is 461 g/mol. The van der Waals surface area contributed by atoms with Crippen LogP contribution in [0.25, 0.3) is 5.65 Å². The number of nitrogens with one attached hydrogen (secondary N) is 1. The normalized spacial score (nSPS) is 16.5. The highest BCUT2D eigenvalue weighted by atomic mass is 16.5. The highest BCUT2D eigenvalue weighted by molar-refractivity contribution is 5.76. The highest BCUT2D eigenvalue weighted by Crippen LogP contribution is 2.30. The summed E-state index contributed by atoms with van der Waals surface area (Å²) in [6.45, 7) is 11.3. The van der Waals surface area contributed by atoms with E-state index in [2.05, 4.69) is 54.1 Å². The maximum Gasteiger partial charge on any atom is 0.221 e. The molecule has 4 rings (SSSR count). The van der Waals surface area contributed by atoms with Crippen LogP contribution in [0, 0.1) is 13.8 Å². The Morgan fingerprint density at radius 2 is 2.18 bits per heavy atom. The van der Waals surface area contributed by atoms with Crippen molar-refractivity contribution in [3.63, 3.8) is 0 Å². The second kappa shape index (κ2) is 10.8. The number of piperidine rings is 1. The van der Waals surface area contributed by atoms with E-state index in [9.17, 15) is 4.79 Å². The Balaban J connectivity index is 1.53. The largest absolute Gasteiger partial charge is 0.481 e. The van der Waals surface area contributed by atoms with Crippen molar-refractivity contribution in [3.05, 3.63) is 71.1 Å². The zero-order valence-corrected chi connectivity index (χ0v) is 20.5. The van der Waals surface area contributed by atoms with E-state index in [0.717, 1.165) is 55.1 Å². The average molecular weight is 462 g/mol. The molecule has 34 heavy (non-hydrogen) atoms. The molecule has 0 unspecified atom stereocenters. The van der Waals surface area contributed by atoms with E-state index in [4.69, 9.17) is 14.8 Å². The van der Waals surface area contributed by atoms with E-state index in [1.54, 1.807) is 17.7 Å². The van der Waals surface area contributed by atoms with Gasteiger partial charge in [0, 0.05) is 49.3 Å². The highest BCUT2D eigenvalue weighted by Gasteiger charge is 2.25. The first kappa shape index (κ1) is 24.0. The van der Waals surface area contributed by atoms with Gasteiger partial charge in [-0.25, -0.2) is 4.98 Å². The second-order valence-electron chi connectivity index (χ2n) is 9.18. The van der Waals surface area contributed by atoms with Crippen LogP contribution in [0.15, 0.2) is 43.0 Å². The van der Waals surface area contributed by atoms with Gasteiger partial charge in [-0.3, -0.25) is 9.69 Å². The molecule has 0 spiro atoms. The number of hydrogen-bond acceptors (Lipinski definition) is 5. The van der Waals surface area contributed by atoms with Gasteiger partial charge in [-0.1, -0.05) is 35.9 Å². The Morgan fingerprint density at radius 3 is 2.94 bits per heavy atom. The van der Waals surface area contributed by atoms with Crippen molar-refractivity contribution in [2.24, 2.45) is 0 Å². The Bertz CT molecular complexity index is 1170. The minimum atomic E-state index is -0.0153. The molecule has 1 fully saturated rings. The van der Waals surface area contributed by atoms with Gasteiger partial charge in [-0.05, 0) is 45.2 Å². The molecule has 180 valence electrons. The molecule has 1 aliphatic heterocycles. The molecular weight excluding hydrogens is 426 g/mol. The van der Waals surface area contributed by atoms with Crippen LogP contribution in [0.4, 0.5) is 0 Å². The number of aromatic nitrogens is 3. The first-order valence-electron chi connectivity index (χ1n) is 12.1. The fourth-order valence-corrected chi connectivity index (χ4v) is 4.86. The third-order valence-corrected chi connectivity index (χ3v) is 6.53. The number of carbonyl (C=O) groups is 1. The van der Waals surface area contributed by atoms with E-state index in [1.165, 1.54) is 11.1 Å². The zero-order chi connectivity index (χ0) is 24.1. The van der Waals surface area contributed by atoms with E-state index in [0.29, 0.717) is 31.2 Å². The molecule has 0 aliphatic carbocycles. The predicted octanol–water partition coefficient (Wildman–Crippen LogP) is 3.97. The SMILES string of the molecule is C=CCNC(=O)CCc1c(C)nc2cc([C@H]3CCCN(Cc4cccc(C)c4)C3)nn2c1OC. The Hall–Kier alpha value is -3.19. The van der Waals surface area contributed by atoms with Crippen molar-refractivity contribution < 1.29 is 9.53 Å². The van der Waals surface area contributed by atoms with Crippen molar-refractivity contribution >= 4 is 11.6 Å². The van der Waals surface area contributed by atoms with Crippen LogP contribution in [0.5, 0.6) is 5.88 Å². The number of nitrogens with zero attached hydrogens (tertiary/aromatic N) is 4. The van der Waals surface area contributed by atoms with E-state index >= 15 is 0 Å². The molecule has 7 nitrogen and oxygen atoms in total. The minimum Gasteiger partial charge on any atom is -0.481 e. The summed E-state index contributed by atoms with van der Waals surface area (Å²) < 4.78 is 7.57. The number of likely N-dealkylation sites (tertiary alicyclic amines) is 1. The van der Waals surface area contributed by atoms with Crippen molar-refractivity contribution in [1.29, 1.82) is 0 Å². The third kappa shape index (κ3) is 5.47. The fourth-order valence-electron chi connectivity index (χ4n) is 4.86. The van der Waals surface area contributed by atoms with Gasteiger partial charge < -0.3 is 10.1 Å². The molecular formula is C27H35N5O2. The molecule has 0 radical (unpaired) electrons. The Labute approximate surface area is 201 Å². The van der Waals surface area contributed by atoms with Crippen LogP contribution in [-0.2, 0) is 17.8 Å². The fraction of sp³-hybridized carbons (Fsp3) is 0.444. The van der Waals surface area contributed by atoms with Gasteiger partial charge in [0.05, 0.1) is 12.8 Å². The number of rotatable bonds is 9. The summed E-state index contributed by atoms with van der Waals surface area (Å²) in [7, 11) is 1.65. The van der Waals surface area contributed by atoms with Crippen LogP contribution in [-0.4, -0.2) is 52.1 Å². The summed E-state index contributed by atoms with van der Waals surface area (Å²) in [5, 5.41) is 7.75. The molecule has 3 heterocycles. The molecule has 0 bridgehead atoms. The van der Waals surface area contributed by atoms with Crippen molar-refractivity contribution in [1.82, 2.24) is 24.8 Å². The van der Waals surface area contributed by atoms with E-state index < -0.39 is 0 Å². The van der Waals surface area contributed by atoms with Crippen molar-refractivity contribution in [2.75, 3.05) is 26.7 Å². The standard InChI is InChI=1S/C27H35N5O2/c1-5-13-28-26(33)12-11-23-20(3)29-25-16-24(30-32(25)27(23)34-4)22-10-7-14-31(18-22)17-21-9-6-8-19(2)15-21/h5-6,8-9,15-16,22H,1,7,10-14,17-18H2,2-4H3,(H,28,33)/t22-/m0/s1. The number of ether oxygens (including phenoxy) is 1. The summed E-state index contributed by atoms with van der Waals surface area (Å²) in [5.41, 5.74) is 6.30. The maximum absolute atomic E-state index is 12.1. The lowest BCUT2D eigenvalue weighted by molar-refractivity contribution is -0.120. The molecule has 3 aromatic rings. The van der Waals surface area contributed by atoms with Gasteiger partial charge >= 0.3 is 0 Å². The number of benzene rings is 1. The number of methoxy groups -OCH3 is 1. The van der Waals surface area contributed by atoms with E-state index in [-0.39, 0.29) is 5.91 Å². The average Bonchev–Trinajstić information content (AvgIpc) is 3.25. The van der Waals surface area contributed by atoms with Gasteiger partial charge in [-0.2, -0.15) is 9.61 Å². The van der Waals surface area contributed by atoms with Crippen LogP contribution < -0.4 is 10.1 Å². The van der Waals surface area contributed by atoms with Crippen LogP contribution >= 0.6 is 0 Å². The van der Waals surface area contributed by atoms with Gasteiger partial charge in [0.25, 0.3) is 0 Å². The lowest BCUT2D eigenvalue weighted by Gasteiger charge is -2.32. The zero-order valence-electron chi connectivity index (χ0n) is 20.5. The number of carbonyl (C=O) groups excluding carboxylic acids is 1. The molecule has 7 heteroatoms. The number of fused-ring (bicyclic) bond motifs is 1. The number of aryl methyl sites for hydroxylation is 2. The molecule has 0 saturated carbocycles. The Morgan fingerprint density at radius 1 is 1.32 bits per heavy atom. The Kier molecular flexibility index (Phi) is 7.63. The second-order valence-corrected chi connectivity index (χ2v) is 9.18. The van der Waals surface area contributed by atoms with Gasteiger partial charge in [0.1, 0.15) is 0 Å². The predicted molar refractivity (Wildman–Crippen MR) is 134 cm³/mol. The first-order chi connectivity index (χ1) is 16.5. The molecule has 1 aliphatic rings. The first-order valence-corrected chi connectivity index (χ1v) is 12.1. The molecule has 2 aromatic heterocycles. The quantitative estimate of drug-likeness (QED) is 0.488. The third-order valence-electron chi connectivity index (χ3n) is 6.53. The maximum atomic E-state index is 12.1. The minimum absolute atomic E-state index is 0.0153. The smallest absolute Gasteiger partial charge is 0.221 e. The van der Waals surface area contributed by atoms with Gasteiger partial charge in [-0.15, -0.1) is 6.58 Å². The van der Waals surface area contributed by atoms with Crippen LogP contribution in [0.1, 0.15) is 53.3 Å². The number of amides is 1. The lowest BCUT2D eigenvalue weighted by atomic mass is 9.94. The van der Waals surface area contributed by atoms with Crippen molar-refractivity contribution in [3.8, 4) is 5.88 Å². The summed E-state index contributed by atoms with van der Waals surface area (Å²) in [6.07, 6.45) is 4.85. The summed E-state index contributed by atoms with van der Waals surface area (Å²) in [5.74, 6) is 1.01. The van der Waals surface area contributed by atoms with Gasteiger partial charge in [0.15, 0.2) is 5.65 Å². The lowest BCUT2D eigenvalue weighted by Crippen LogP contribution is -2.34. The summed E-state index contributed by atoms with van der Waals surface area (Å²) in [6, 6.07) is 10.8. The van der Waals surface area contributed by atoms with Gasteiger partial charge in [0.2, 0.25) is 11.8 Å². The summed E-state index contributed by atoms with van der Waals surface area (Å²) in [4.78, 5) is 19.4. The van der Waals surface area contributed by atoms with E-state index in [1.807, 2.05) is 6.92 Å². The summed E-state index contributed by atoms with van der Waals surface area (Å²) >= 11 is 0. The molecule has 1 N–H and O–H groups in total. The van der Waals surface area contributed by atoms with Crippen molar-refractivity contribution in [2.45, 2.75) is 52.0 Å².